The van der Waals surface area contributed by atoms with Crippen LogP contribution in [-0.4, -0.2) is 72.5 Å². The standard InChI is InChI=1S/C9H13F3O9S/c1-3(14)19-8-7(21-22(17,18)9(10,11)12)6(16)5(15)4(2-13)20-8/h4-8,13,15-16H,2H2,1H3. The van der Waals surface area contributed by atoms with Gasteiger partial charge in [-0.2, -0.15) is 21.6 Å². The van der Waals surface area contributed by atoms with Crippen molar-refractivity contribution in [1.29, 1.82) is 0 Å². The van der Waals surface area contributed by atoms with Crippen molar-refractivity contribution in [3.63, 3.8) is 0 Å². The second-order valence-corrected chi connectivity index (χ2v) is 5.84. The first-order valence-electron chi connectivity index (χ1n) is 5.70. The van der Waals surface area contributed by atoms with Crippen molar-refractivity contribution in [3.05, 3.63) is 0 Å². The fourth-order valence-corrected chi connectivity index (χ4v) is 2.22. The average Bonchev–Trinajstić information content (AvgIpc) is 2.36. The maximum absolute atomic E-state index is 12.3. The topological polar surface area (TPSA) is 140 Å². The Hall–Kier alpha value is -0.990. The monoisotopic (exact) mass is 354 g/mol. The normalized spacial score (nSPS) is 33.5. The number of halogens is 3. The minimum atomic E-state index is -6.15. The molecule has 22 heavy (non-hydrogen) atoms. The summed E-state index contributed by atoms with van der Waals surface area (Å²) in [6.45, 7) is -0.0429. The molecule has 0 saturated carbocycles. The summed E-state index contributed by atoms with van der Waals surface area (Å²) in [6.07, 6.45) is -10.2. The summed E-state index contributed by atoms with van der Waals surface area (Å²) >= 11 is 0. The van der Waals surface area contributed by atoms with E-state index in [1.807, 2.05) is 0 Å². The lowest BCUT2D eigenvalue weighted by Crippen LogP contribution is -2.61. The zero-order valence-corrected chi connectivity index (χ0v) is 11.7. The molecular weight excluding hydrogens is 341 g/mol. The molecule has 5 unspecified atom stereocenters. The maximum atomic E-state index is 12.3. The molecule has 1 heterocycles. The molecule has 9 nitrogen and oxygen atoms in total. The van der Waals surface area contributed by atoms with Crippen molar-refractivity contribution < 1.29 is 55.4 Å². The van der Waals surface area contributed by atoms with Crippen molar-refractivity contribution in [1.82, 2.24) is 0 Å². The predicted molar refractivity (Wildman–Crippen MR) is 59.4 cm³/mol. The number of alkyl halides is 3. The van der Waals surface area contributed by atoms with Crippen molar-refractivity contribution >= 4 is 16.1 Å². The van der Waals surface area contributed by atoms with Crippen LogP contribution in [0.15, 0.2) is 0 Å². The van der Waals surface area contributed by atoms with E-state index >= 15 is 0 Å². The zero-order valence-electron chi connectivity index (χ0n) is 10.9. The van der Waals surface area contributed by atoms with Crippen molar-refractivity contribution in [2.24, 2.45) is 0 Å². The summed E-state index contributed by atoms with van der Waals surface area (Å²) in [5.74, 6) is -1.08. The third kappa shape index (κ3) is 4.05. The highest BCUT2D eigenvalue weighted by Gasteiger charge is 2.54. The van der Waals surface area contributed by atoms with Crippen LogP contribution in [0, 0.1) is 0 Å². The van der Waals surface area contributed by atoms with Crippen LogP contribution >= 0.6 is 0 Å². The number of esters is 1. The van der Waals surface area contributed by atoms with Gasteiger partial charge >= 0.3 is 21.6 Å². The number of carbonyl (C=O) groups is 1. The molecule has 1 saturated heterocycles. The van der Waals surface area contributed by atoms with E-state index in [9.17, 15) is 36.6 Å². The second kappa shape index (κ2) is 6.64. The van der Waals surface area contributed by atoms with E-state index in [0.717, 1.165) is 6.92 Å². The molecule has 13 heteroatoms. The van der Waals surface area contributed by atoms with Crippen LogP contribution in [0.4, 0.5) is 13.2 Å². The summed E-state index contributed by atoms with van der Waals surface area (Å²) < 4.78 is 71.8. The molecular formula is C9H13F3O9S. The first-order valence-corrected chi connectivity index (χ1v) is 7.10. The molecule has 0 aromatic rings. The van der Waals surface area contributed by atoms with Crippen molar-refractivity contribution in [3.8, 4) is 0 Å². The van der Waals surface area contributed by atoms with E-state index in [4.69, 9.17) is 9.84 Å². The molecule has 0 aromatic heterocycles. The van der Waals surface area contributed by atoms with Gasteiger partial charge in [0.15, 0.2) is 6.10 Å². The highest BCUT2D eigenvalue weighted by atomic mass is 32.2. The van der Waals surface area contributed by atoms with Gasteiger partial charge in [-0.1, -0.05) is 0 Å². The molecule has 0 aromatic carbocycles. The van der Waals surface area contributed by atoms with Gasteiger partial charge in [-0.05, 0) is 0 Å². The molecule has 3 N–H and O–H groups in total. The lowest BCUT2D eigenvalue weighted by Gasteiger charge is -2.40. The molecule has 1 rings (SSSR count). The Labute approximate surface area is 122 Å². The highest BCUT2D eigenvalue weighted by Crippen LogP contribution is 2.31. The third-order valence-electron chi connectivity index (χ3n) is 2.63. The number of aliphatic hydroxyl groups excluding tert-OH is 3. The van der Waals surface area contributed by atoms with Crippen LogP contribution < -0.4 is 0 Å². The number of hydrogen-bond acceptors (Lipinski definition) is 9. The fraction of sp³-hybridized carbons (Fsp3) is 0.889. The summed E-state index contributed by atoms with van der Waals surface area (Å²) in [4.78, 5) is 10.9. The molecule has 5 atom stereocenters. The van der Waals surface area contributed by atoms with Crippen LogP contribution in [0.1, 0.15) is 6.92 Å². The van der Waals surface area contributed by atoms with Gasteiger partial charge < -0.3 is 24.8 Å². The molecule has 0 radical (unpaired) electrons. The molecule has 0 amide bonds. The number of aliphatic hydroxyl groups is 3. The van der Waals surface area contributed by atoms with Gasteiger partial charge in [0.1, 0.15) is 18.3 Å². The number of hydrogen-bond donors (Lipinski definition) is 3. The quantitative estimate of drug-likeness (QED) is 0.304. The molecule has 0 spiro atoms. The van der Waals surface area contributed by atoms with Crippen molar-refractivity contribution in [2.75, 3.05) is 6.61 Å². The molecule has 130 valence electrons. The van der Waals surface area contributed by atoms with Crippen LogP contribution in [-0.2, 0) is 28.6 Å². The smallest absolute Gasteiger partial charge is 0.433 e. The maximum Gasteiger partial charge on any atom is 0.523 e. The van der Waals surface area contributed by atoms with Crippen molar-refractivity contribution in [2.45, 2.75) is 43.1 Å². The summed E-state index contributed by atoms with van der Waals surface area (Å²) in [7, 11) is -6.15. The first kappa shape index (κ1) is 19.1. The largest absolute Gasteiger partial charge is 0.523 e. The number of ether oxygens (including phenoxy) is 2. The van der Waals surface area contributed by atoms with Gasteiger partial charge in [0.2, 0.25) is 6.29 Å². The number of carbonyl (C=O) groups excluding carboxylic acids is 1. The highest BCUT2D eigenvalue weighted by molar-refractivity contribution is 7.87. The molecule has 1 aliphatic heterocycles. The van der Waals surface area contributed by atoms with Gasteiger partial charge in [0.05, 0.1) is 6.61 Å². The van der Waals surface area contributed by atoms with E-state index < -0.39 is 58.9 Å². The van der Waals surface area contributed by atoms with E-state index in [0.29, 0.717) is 0 Å². The Balaban J connectivity index is 3.08. The molecule has 1 fully saturated rings. The fourth-order valence-electron chi connectivity index (χ4n) is 1.62. The zero-order chi connectivity index (χ0) is 17.3. The Morgan fingerprint density at radius 2 is 1.82 bits per heavy atom. The molecule has 1 aliphatic rings. The van der Waals surface area contributed by atoms with Crippen LogP contribution in [0.2, 0.25) is 0 Å². The van der Waals surface area contributed by atoms with Gasteiger partial charge in [-0.3, -0.25) is 8.98 Å². The summed E-state index contributed by atoms with van der Waals surface area (Å²) in [5, 5.41) is 28.1. The second-order valence-electron chi connectivity index (χ2n) is 4.28. The van der Waals surface area contributed by atoms with Gasteiger partial charge in [-0.15, -0.1) is 0 Å². The lowest BCUT2D eigenvalue weighted by atomic mass is 9.99. The minimum absolute atomic E-state index is 0.837. The summed E-state index contributed by atoms with van der Waals surface area (Å²) in [5.41, 5.74) is -5.80. The van der Waals surface area contributed by atoms with E-state index in [1.54, 1.807) is 0 Å². The Bertz CT molecular complexity index is 505. The minimum Gasteiger partial charge on any atom is -0.433 e. The van der Waals surface area contributed by atoms with Gasteiger partial charge in [-0.25, -0.2) is 0 Å². The Kier molecular flexibility index (Phi) is 5.75. The SMILES string of the molecule is CC(=O)OC1OC(CO)C(O)C(O)C1OS(=O)(=O)C(F)(F)F. The van der Waals surface area contributed by atoms with Gasteiger partial charge in [0, 0.05) is 6.92 Å². The van der Waals surface area contributed by atoms with Crippen LogP contribution in [0.3, 0.4) is 0 Å². The van der Waals surface area contributed by atoms with E-state index in [-0.39, 0.29) is 0 Å². The third-order valence-corrected chi connectivity index (χ3v) is 3.67. The average molecular weight is 354 g/mol. The molecule has 0 aliphatic carbocycles. The summed E-state index contributed by atoms with van der Waals surface area (Å²) in [6, 6.07) is 0. The van der Waals surface area contributed by atoms with E-state index in [1.165, 1.54) is 0 Å². The Morgan fingerprint density at radius 1 is 1.27 bits per heavy atom. The molecule has 0 bridgehead atoms. The predicted octanol–water partition coefficient (Wildman–Crippen LogP) is -1.78. The van der Waals surface area contributed by atoms with Crippen LogP contribution in [0.5, 0.6) is 0 Å². The first-order chi connectivity index (χ1) is 9.90. The van der Waals surface area contributed by atoms with Crippen LogP contribution in [0.25, 0.3) is 0 Å². The Morgan fingerprint density at radius 3 is 2.23 bits per heavy atom. The van der Waals surface area contributed by atoms with Gasteiger partial charge in [0.25, 0.3) is 0 Å². The number of rotatable bonds is 4. The van der Waals surface area contributed by atoms with E-state index in [2.05, 4.69) is 8.92 Å². The lowest BCUT2D eigenvalue weighted by molar-refractivity contribution is -0.287.